The molecule has 7 nitrogen and oxygen atoms in total. The molecular formula is C28H30N4O3S3. The zero-order valence-electron chi connectivity index (χ0n) is 21.6. The molecule has 4 aromatic rings. The van der Waals surface area contributed by atoms with Gasteiger partial charge < -0.3 is 10.1 Å². The number of ether oxygens (including phenoxy) is 1. The van der Waals surface area contributed by atoms with Crippen LogP contribution in [-0.4, -0.2) is 38.5 Å². The molecule has 3 heterocycles. The van der Waals surface area contributed by atoms with Gasteiger partial charge in [0.1, 0.15) is 5.00 Å². The molecule has 0 spiro atoms. The Labute approximate surface area is 234 Å². The molecule has 3 aromatic heterocycles. The molecule has 1 atom stereocenters. The third kappa shape index (κ3) is 6.03. The van der Waals surface area contributed by atoms with Crippen molar-refractivity contribution in [1.29, 1.82) is 0 Å². The summed E-state index contributed by atoms with van der Waals surface area (Å²) in [6, 6.07) is 14.2. The number of benzene rings is 1. The molecule has 198 valence electrons. The molecule has 0 unspecified atom stereocenters. The second-order valence-electron chi connectivity index (χ2n) is 9.70. The molecule has 1 aliphatic rings. The molecule has 10 heteroatoms. The number of amides is 1. The summed E-state index contributed by atoms with van der Waals surface area (Å²) in [5, 5.41) is 15.2. The zero-order valence-corrected chi connectivity index (χ0v) is 24.0. The summed E-state index contributed by atoms with van der Waals surface area (Å²) in [6.07, 6.45) is 2.54. The van der Waals surface area contributed by atoms with Gasteiger partial charge in [0.05, 0.1) is 28.8 Å². The van der Waals surface area contributed by atoms with Crippen LogP contribution in [0, 0.1) is 5.92 Å². The summed E-state index contributed by atoms with van der Waals surface area (Å²) in [6.45, 7) is 6.50. The number of carbonyl (C=O) groups excluding carboxylic acids is 2. The van der Waals surface area contributed by atoms with Crippen molar-refractivity contribution in [1.82, 2.24) is 14.8 Å². The van der Waals surface area contributed by atoms with Crippen molar-refractivity contribution in [2.75, 3.05) is 11.1 Å². The SMILES string of the molecule is CC(C)OC(=O)c1c(NC(=O)CSc2nnc(-c3cccs3)n2Cc2ccccc2)sc2c1CC[C@@H](C)C2. The Hall–Kier alpha value is -2.95. The summed E-state index contributed by atoms with van der Waals surface area (Å²) >= 11 is 4.45. The first-order valence-electron chi connectivity index (χ1n) is 12.7. The Balaban J connectivity index is 1.35. The van der Waals surface area contributed by atoms with E-state index in [1.54, 1.807) is 11.3 Å². The van der Waals surface area contributed by atoms with Crippen molar-refractivity contribution < 1.29 is 14.3 Å². The van der Waals surface area contributed by atoms with Crippen LogP contribution < -0.4 is 5.32 Å². The molecule has 1 aliphatic carbocycles. The molecule has 1 aromatic carbocycles. The Kier molecular flexibility index (Phi) is 8.30. The fourth-order valence-electron chi connectivity index (χ4n) is 4.51. The number of esters is 1. The maximum Gasteiger partial charge on any atom is 0.341 e. The van der Waals surface area contributed by atoms with Crippen molar-refractivity contribution >= 4 is 51.3 Å². The van der Waals surface area contributed by atoms with Gasteiger partial charge in [0.25, 0.3) is 0 Å². The van der Waals surface area contributed by atoms with Crippen LogP contribution in [-0.2, 0) is 28.9 Å². The average Bonchev–Trinajstić information content (AvgIpc) is 3.61. The van der Waals surface area contributed by atoms with E-state index in [0.29, 0.717) is 28.2 Å². The van der Waals surface area contributed by atoms with Gasteiger partial charge in [-0.1, -0.05) is 55.1 Å². The van der Waals surface area contributed by atoms with Gasteiger partial charge in [0.15, 0.2) is 11.0 Å². The van der Waals surface area contributed by atoms with E-state index < -0.39 is 0 Å². The van der Waals surface area contributed by atoms with E-state index >= 15 is 0 Å². The number of nitrogens with zero attached hydrogens (tertiary/aromatic N) is 3. The van der Waals surface area contributed by atoms with Gasteiger partial charge in [0.2, 0.25) is 5.91 Å². The highest BCUT2D eigenvalue weighted by Crippen LogP contribution is 2.40. The molecule has 0 aliphatic heterocycles. The van der Waals surface area contributed by atoms with Crippen LogP contribution in [0.1, 0.15) is 53.6 Å². The molecule has 0 saturated heterocycles. The molecule has 0 bridgehead atoms. The van der Waals surface area contributed by atoms with Gasteiger partial charge in [-0.05, 0) is 61.6 Å². The summed E-state index contributed by atoms with van der Waals surface area (Å²) in [5.74, 6) is 0.938. The van der Waals surface area contributed by atoms with Gasteiger partial charge >= 0.3 is 5.97 Å². The highest BCUT2D eigenvalue weighted by Gasteiger charge is 2.30. The first-order chi connectivity index (χ1) is 18.4. The van der Waals surface area contributed by atoms with Gasteiger partial charge in [-0.25, -0.2) is 4.79 Å². The predicted octanol–water partition coefficient (Wildman–Crippen LogP) is 6.54. The van der Waals surface area contributed by atoms with Gasteiger partial charge in [-0.15, -0.1) is 32.9 Å². The fourth-order valence-corrected chi connectivity index (χ4v) is 7.38. The standard InChI is InChI=1S/C28H30N4O3S3/c1-17(2)35-27(34)24-20-12-11-18(3)14-22(20)38-26(24)29-23(33)16-37-28-31-30-25(21-10-7-13-36-21)32(28)15-19-8-5-4-6-9-19/h4-10,13,17-18H,11-12,14-16H2,1-3H3,(H,29,33)/t18-/m1/s1. The highest BCUT2D eigenvalue weighted by molar-refractivity contribution is 7.99. The molecule has 5 rings (SSSR count). The Morgan fingerprint density at radius 2 is 2.00 bits per heavy atom. The minimum Gasteiger partial charge on any atom is -0.459 e. The first kappa shape index (κ1) is 26.6. The highest BCUT2D eigenvalue weighted by atomic mass is 32.2. The lowest BCUT2D eigenvalue weighted by atomic mass is 9.88. The zero-order chi connectivity index (χ0) is 26.6. The molecule has 1 amide bonds. The van der Waals surface area contributed by atoms with Gasteiger partial charge in [-0.3, -0.25) is 9.36 Å². The maximum absolute atomic E-state index is 13.1. The van der Waals surface area contributed by atoms with Crippen molar-refractivity contribution in [3.63, 3.8) is 0 Å². The lowest BCUT2D eigenvalue weighted by Gasteiger charge is -2.18. The van der Waals surface area contributed by atoms with E-state index in [4.69, 9.17) is 4.74 Å². The van der Waals surface area contributed by atoms with Crippen LogP contribution >= 0.6 is 34.4 Å². The van der Waals surface area contributed by atoms with E-state index in [1.165, 1.54) is 28.0 Å². The minimum atomic E-state index is -0.363. The van der Waals surface area contributed by atoms with E-state index in [1.807, 2.05) is 49.6 Å². The van der Waals surface area contributed by atoms with Crippen LogP contribution in [0.3, 0.4) is 0 Å². The van der Waals surface area contributed by atoms with E-state index in [-0.39, 0.29) is 23.7 Å². The molecule has 38 heavy (non-hydrogen) atoms. The van der Waals surface area contributed by atoms with Crippen LogP contribution in [0.2, 0.25) is 0 Å². The number of aromatic nitrogens is 3. The fraction of sp³-hybridized carbons (Fsp3) is 0.357. The van der Waals surface area contributed by atoms with Crippen LogP contribution in [0.25, 0.3) is 10.7 Å². The second kappa shape index (κ2) is 11.8. The Morgan fingerprint density at radius 1 is 1.18 bits per heavy atom. The normalized spacial score (nSPS) is 14.9. The van der Waals surface area contributed by atoms with E-state index in [2.05, 4.69) is 39.1 Å². The number of nitrogens with one attached hydrogen (secondary N) is 1. The number of hydrogen-bond acceptors (Lipinski definition) is 8. The van der Waals surface area contributed by atoms with E-state index in [9.17, 15) is 9.59 Å². The number of fused-ring (bicyclic) bond motifs is 1. The number of anilines is 1. The summed E-state index contributed by atoms with van der Waals surface area (Å²) in [4.78, 5) is 28.3. The number of rotatable bonds is 9. The second-order valence-corrected chi connectivity index (χ2v) is 12.7. The molecular weight excluding hydrogens is 537 g/mol. The predicted molar refractivity (Wildman–Crippen MR) is 154 cm³/mol. The average molecular weight is 567 g/mol. The van der Waals surface area contributed by atoms with Crippen LogP contribution in [0.4, 0.5) is 5.00 Å². The third-order valence-electron chi connectivity index (χ3n) is 6.29. The summed E-state index contributed by atoms with van der Waals surface area (Å²) in [7, 11) is 0. The lowest BCUT2D eigenvalue weighted by Crippen LogP contribution is -2.19. The monoisotopic (exact) mass is 566 g/mol. The Morgan fingerprint density at radius 3 is 2.74 bits per heavy atom. The largest absolute Gasteiger partial charge is 0.459 e. The number of thioether (sulfide) groups is 1. The van der Waals surface area contributed by atoms with Gasteiger partial charge in [0, 0.05) is 4.88 Å². The molecule has 1 N–H and O–H groups in total. The Bertz CT molecular complexity index is 1410. The molecule has 0 radical (unpaired) electrons. The summed E-state index contributed by atoms with van der Waals surface area (Å²) in [5.41, 5.74) is 2.68. The van der Waals surface area contributed by atoms with Crippen molar-refractivity contribution in [2.24, 2.45) is 5.92 Å². The van der Waals surface area contributed by atoms with Crippen LogP contribution in [0.5, 0.6) is 0 Å². The lowest BCUT2D eigenvalue weighted by molar-refractivity contribution is -0.113. The maximum atomic E-state index is 13.1. The van der Waals surface area contributed by atoms with Crippen molar-refractivity contribution in [3.8, 4) is 10.7 Å². The smallest absolute Gasteiger partial charge is 0.341 e. The molecule has 0 fully saturated rings. The third-order valence-corrected chi connectivity index (χ3v) is 9.29. The van der Waals surface area contributed by atoms with Crippen molar-refractivity contribution in [2.45, 2.75) is 57.8 Å². The minimum absolute atomic E-state index is 0.148. The van der Waals surface area contributed by atoms with E-state index in [0.717, 1.165) is 41.1 Å². The number of thiophene rings is 2. The summed E-state index contributed by atoms with van der Waals surface area (Å²) < 4.78 is 7.59. The number of carbonyl (C=O) groups is 2. The number of hydrogen-bond donors (Lipinski definition) is 1. The first-order valence-corrected chi connectivity index (χ1v) is 15.4. The van der Waals surface area contributed by atoms with Gasteiger partial charge in [-0.2, -0.15) is 0 Å². The quantitative estimate of drug-likeness (QED) is 0.183. The topological polar surface area (TPSA) is 86.1 Å². The van der Waals surface area contributed by atoms with Crippen molar-refractivity contribution in [3.05, 3.63) is 69.4 Å². The van der Waals surface area contributed by atoms with Crippen LogP contribution in [0.15, 0.2) is 53.0 Å². The molecule has 0 saturated carbocycles.